The van der Waals surface area contributed by atoms with Gasteiger partial charge in [0.2, 0.25) is 0 Å². The lowest BCUT2D eigenvalue weighted by Gasteiger charge is -2.09. The van der Waals surface area contributed by atoms with Crippen molar-refractivity contribution in [3.63, 3.8) is 0 Å². The van der Waals surface area contributed by atoms with Gasteiger partial charge in [0.25, 0.3) is 5.69 Å². The van der Waals surface area contributed by atoms with Crippen LogP contribution in [-0.4, -0.2) is 27.2 Å². The lowest BCUT2D eigenvalue weighted by Crippen LogP contribution is -2.05. The molecule has 1 aromatic carbocycles. The summed E-state index contributed by atoms with van der Waals surface area (Å²) in [7, 11) is 0. The highest BCUT2D eigenvalue weighted by Gasteiger charge is 2.20. The van der Waals surface area contributed by atoms with Crippen molar-refractivity contribution >= 4 is 58.4 Å². The van der Waals surface area contributed by atoms with E-state index in [1.165, 1.54) is 24.4 Å². The van der Waals surface area contributed by atoms with Crippen molar-refractivity contribution in [1.29, 1.82) is 0 Å². The molecule has 0 aliphatic rings. The first-order valence-corrected chi connectivity index (χ1v) is 7.26. The predicted octanol–water partition coefficient (Wildman–Crippen LogP) is 4.09. The fourth-order valence-corrected chi connectivity index (χ4v) is 2.31. The van der Waals surface area contributed by atoms with E-state index >= 15 is 0 Å². The number of carbonyl (C=O) groups is 1. The Bertz CT molecular complexity index is 857. The zero-order valence-corrected chi connectivity index (χ0v) is 13.8. The summed E-state index contributed by atoms with van der Waals surface area (Å²) in [4.78, 5) is 24.8. The van der Waals surface area contributed by atoms with Crippen LogP contribution in [0.4, 0.5) is 11.4 Å². The minimum atomic E-state index is -1.38. The number of halogens is 3. The molecule has 1 aromatic heterocycles. The third-order valence-electron chi connectivity index (χ3n) is 2.71. The molecule has 0 radical (unpaired) electrons. The average Bonchev–Trinajstić information content (AvgIpc) is 2.54. The number of nitrogens with zero attached hydrogens (tertiary/aromatic N) is 3. The Kier molecular flexibility index (Phi) is 5.55. The van der Waals surface area contributed by atoms with Crippen LogP contribution in [0.5, 0.6) is 0 Å². The standard InChI is InChI=1S/C13H7Cl3N4O4/c14-8-10(9(15)12(16)18-11(8)13(21)22)19-17-5-6-2-1-3-7(4-6)20(23)24/h1-5H,(H,18,19)(H,21,22). The lowest BCUT2D eigenvalue weighted by molar-refractivity contribution is -0.384. The topological polar surface area (TPSA) is 118 Å². The summed E-state index contributed by atoms with van der Waals surface area (Å²) >= 11 is 17.6. The van der Waals surface area contributed by atoms with E-state index < -0.39 is 16.6 Å². The predicted molar refractivity (Wildman–Crippen MR) is 90.5 cm³/mol. The van der Waals surface area contributed by atoms with Gasteiger partial charge in [0.05, 0.1) is 16.8 Å². The molecule has 0 bridgehead atoms. The molecule has 0 saturated heterocycles. The maximum atomic E-state index is 11.1. The number of carboxylic acid groups (broad SMARTS) is 1. The molecule has 0 aliphatic heterocycles. The average molecular weight is 390 g/mol. The molecule has 1 heterocycles. The zero-order valence-electron chi connectivity index (χ0n) is 11.5. The van der Waals surface area contributed by atoms with Crippen molar-refractivity contribution in [3.8, 4) is 0 Å². The van der Waals surface area contributed by atoms with Gasteiger partial charge in [-0.25, -0.2) is 9.78 Å². The van der Waals surface area contributed by atoms with Gasteiger partial charge < -0.3 is 5.11 Å². The second kappa shape index (κ2) is 7.43. The SMILES string of the molecule is O=C(O)c1nc(Cl)c(Cl)c(NN=Cc2cccc([N+](=O)[O-])c2)c1Cl. The van der Waals surface area contributed by atoms with Gasteiger partial charge in [0.15, 0.2) is 10.8 Å². The Balaban J connectivity index is 2.30. The summed E-state index contributed by atoms with van der Waals surface area (Å²) in [6, 6.07) is 5.71. The fourth-order valence-electron chi connectivity index (χ4n) is 1.64. The fraction of sp³-hybridized carbons (Fsp3) is 0. The highest BCUT2D eigenvalue weighted by Crippen LogP contribution is 2.36. The molecule has 0 spiro atoms. The minimum absolute atomic E-state index is 0.0441. The summed E-state index contributed by atoms with van der Waals surface area (Å²) in [5.41, 5.74) is 2.26. The number of anilines is 1. The Morgan fingerprint density at radius 1 is 1.33 bits per heavy atom. The van der Waals surface area contributed by atoms with Gasteiger partial charge in [-0.15, -0.1) is 0 Å². The number of aromatic nitrogens is 1. The molecular weight excluding hydrogens is 383 g/mol. The third kappa shape index (κ3) is 3.91. The Morgan fingerprint density at radius 3 is 2.67 bits per heavy atom. The van der Waals surface area contributed by atoms with Gasteiger partial charge in [-0.1, -0.05) is 46.9 Å². The van der Waals surface area contributed by atoms with Gasteiger partial charge in [0, 0.05) is 17.7 Å². The smallest absolute Gasteiger partial charge is 0.356 e. The molecule has 0 saturated carbocycles. The Hall–Kier alpha value is -2.42. The summed E-state index contributed by atoms with van der Waals surface area (Å²) < 4.78 is 0. The number of nitro benzene ring substituents is 1. The van der Waals surface area contributed by atoms with Crippen molar-refractivity contribution in [1.82, 2.24) is 4.98 Å². The summed E-state index contributed by atoms with van der Waals surface area (Å²) in [5, 5.41) is 22.9. The monoisotopic (exact) mass is 388 g/mol. The van der Waals surface area contributed by atoms with Crippen LogP contribution in [-0.2, 0) is 0 Å². The molecule has 8 nitrogen and oxygen atoms in total. The van der Waals surface area contributed by atoms with Crippen LogP contribution in [0.25, 0.3) is 0 Å². The van der Waals surface area contributed by atoms with Gasteiger partial charge in [0.1, 0.15) is 10.0 Å². The molecule has 0 aliphatic carbocycles. The first-order valence-electron chi connectivity index (χ1n) is 6.12. The molecule has 11 heteroatoms. The molecule has 0 fully saturated rings. The van der Waals surface area contributed by atoms with Crippen LogP contribution >= 0.6 is 34.8 Å². The number of aromatic carboxylic acids is 1. The number of nitro groups is 1. The van der Waals surface area contributed by atoms with E-state index in [1.54, 1.807) is 6.07 Å². The van der Waals surface area contributed by atoms with E-state index in [2.05, 4.69) is 15.5 Å². The van der Waals surface area contributed by atoms with E-state index in [0.717, 1.165) is 0 Å². The summed E-state index contributed by atoms with van der Waals surface area (Å²) in [5.74, 6) is -1.38. The number of nitrogens with one attached hydrogen (secondary N) is 1. The molecule has 0 amide bonds. The van der Waals surface area contributed by atoms with E-state index in [4.69, 9.17) is 39.9 Å². The second-order valence-electron chi connectivity index (χ2n) is 4.28. The van der Waals surface area contributed by atoms with E-state index in [0.29, 0.717) is 5.56 Å². The van der Waals surface area contributed by atoms with E-state index in [9.17, 15) is 14.9 Å². The summed E-state index contributed by atoms with van der Waals surface area (Å²) in [6.07, 6.45) is 1.27. The second-order valence-corrected chi connectivity index (χ2v) is 5.40. The van der Waals surface area contributed by atoms with Crippen LogP contribution in [0.3, 0.4) is 0 Å². The molecule has 0 atom stereocenters. The minimum Gasteiger partial charge on any atom is -0.476 e. The van der Waals surface area contributed by atoms with Crippen LogP contribution < -0.4 is 5.43 Å². The van der Waals surface area contributed by atoms with Gasteiger partial charge >= 0.3 is 5.97 Å². The van der Waals surface area contributed by atoms with Gasteiger partial charge in [-0.05, 0) is 0 Å². The quantitative estimate of drug-likeness (QED) is 0.344. The van der Waals surface area contributed by atoms with E-state index in [1.807, 2.05) is 0 Å². The molecule has 2 aromatic rings. The Labute approximate surface area is 149 Å². The number of rotatable bonds is 5. The van der Waals surface area contributed by atoms with Crippen molar-refractivity contribution in [2.45, 2.75) is 0 Å². The van der Waals surface area contributed by atoms with Gasteiger partial charge in [-0.3, -0.25) is 15.5 Å². The highest BCUT2D eigenvalue weighted by atomic mass is 35.5. The number of hydrogen-bond donors (Lipinski definition) is 2. The summed E-state index contributed by atoms with van der Waals surface area (Å²) in [6.45, 7) is 0. The number of carboxylic acids is 1. The van der Waals surface area contributed by atoms with Crippen molar-refractivity contribution < 1.29 is 14.8 Å². The van der Waals surface area contributed by atoms with Crippen LogP contribution in [0.15, 0.2) is 29.4 Å². The maximum absolute atomic E-state index is 11.1. The van der Waals surface area contributed by atoms with Gasteiger partial charge in [-0.2, -0.15) is 5.10 Å². The van der Waals surface area contributed by atoms with Crippen LogP contribution in [0.1, 0.15) is 16.1 Å². The number of hydrazone groups is 1. The number of hydrogen-bond acceptors (Lipinski definition) is 6. The first-order chi connectivity index (χ1) is 11.3. The number of non-ortho nitro benzene ring substituents is 1. The zero-order chi connectivity index (χ0) is 17.9. The largest absolute Gasteiger partial charge is 0.476 e. The lowest BCUT2D eigenvalue weighted by atomic mass is 10.2. The van der Waals surface area contributed by atoms with Crippen LogP contribution in [0, 0.1) is 10.1 Å². The first kappa shape index (κ1) is 17.9. The van der Waals surface area contributed by atoms with Crippen molar-refractivity contribution in [3.05, 3.63) is 60.8 Å². The third-order valence-corrected chi connectivity index (χ3v) is 3.82. The molecule has 2 rings (SSSR count). The van der Waals surface area contributed by atoms with Crippen LogP contribution in [0.2, 0.25) is 15.2 Å². The van der Waals surface area contributed by atoms with Crippen molar-refractivity contribution in [2.75, 3.05) is 5.43 Å². The molecular formula is C13H7Cl3N4O4. The normalized spacial score (nSPS) is 10.8. The highest BCUT2D eigenvalue weighted by molar-refractivity contribution is 6.46. The maximum Gasteiger partial charge on any atom is 0.356 e. The Morgan fingerprint density at radius 2 is 2.04 bits per heavy atom. The van der Waals surface area contributed by atoms with Crippen molar-refractivity contribution in [2.24, 2.45) is 5.10 Å². The molecule has 2 N–H and O–H groups in total. The number of pyridine rings is 1. The molecule has 124 valence electrons. The number of benzene rings is 1. The molecule has 24 heavy (non-hydrogen) atoms. The molecule has 0 unspecified atom stereocenters. The van der Waals surface area contributed by atoms with E-state index in [-0.39, 0.29) is 26.6 Å².